The van der Waals surface area contributed by atoms with Crippen LogP contribution >= 0.6 is 0 Å². The van der Waals surface area contributed by atoms with Crippen LogP contribution in [0.25, 0.3) is 11.3 Å². The molecule has 1 aliphatic carbocycles. The lowest BCUT2D eigenvalue weighted by molar-refractivity contribution is 0.183. The minimum Gasteiger partial charge on any atom is -0.295 e. The number of aromatic nitrogens is 2. The maximum atomic E-state index is 13.2. The molecule has 1 N–H and O–H groups in total. The zero-order valence-electron chi connectivity index (χ0n) is 14.0. The van der Waals surface area contributed by atoms with Crippen LogP contribution in [0.5, 0.6) is 0 Å². The first-order valence-corrected chi connectivity index (χ1v) is 8.91. The van der Waals surface area contributed by atoms with E-state index in [0.717, 1.165) is 43.6 Å². The molecule has 2 heterocycles. The second-order valence-corrected chi connectivity index (χ2v) is 7.09. The molecule has 25 heavy (non-hydrogen) atoms. The third-order valence-electron chi connectivity index (χ3n) is 5.63. The van der Waals surface area contributed by atoms with Gasteiger partial charge in [-0.2, -0.15) is 5.10 Å². The summed E-state index contributed by atoms with van der Waals surface area (Å²) in [6.07, 6.45) is 3.26. The van der Waals surface area contributed by atoms with Gasteiger partial charge in [-0.25, -0.2) is 4.39 Å². The molecule has 1 aromatic heterocycles. The monoisotopic (exact) mass is 333 g/mol. The van der Waals surface area contributed by atoms with Gasteiger partial charge in [-0.3, -0.25) is 10.00 Å². The first kappa shape index (κ1) is 14.8. The summed E-state index contributed by atoms with van der Waals surface area (Å²) >= 11 is 0. The van der Waals surface area contributed by atoms with Crippen LogP contribution in [0.1, 0.15) is 22.4 Å². The molecule has 126 valence electrons. The first-order chi connectivity index (χ1) is 12.3. The second kappa shape index (κ2) is 5.81. The van der Waals surface area contributed by atoms with Gasteiger partial charge in [0.25, 0.3) is 0 Å². The molecule has 5 rings (SSSR count). The van der Waals surface area contributed by atoms with Gasteiger partial charge in [-0.05, 0) is 48.2 Å². The fourth-order valence-corrected chi connectivity index (χ4v) is 4.27. The molecule has 0 unspecified atom stereocenters. The summed E-state index contributed by atoms with van der Waals surface area (Å²) in [5.74, 6) is -0.210. The topological polar surface area (TPSA) is 31.9 Å². The molecule has 0 atom stereocenters. The molecule has 3 aromatic rings. The Bertz CT molecular complexity index is 888. The van der Waals surface area contributed by atoms with Crippen molar-refractivity contribution in [3.8, 4) is 11.3 Å². The maximum absolute atomic E-state index is 13.2. The van der Waals surface area contributed by atoms with E-state index >= 15 is 0 Å². The smallest absolute Gasteiger partial charge is 0.123 e. The van der Waals surface area contributed by atoms with E-state index in [4.69, 9.17) is 0 Å². The summed E-state index contributed by atoms with van der Waals surface area (Å²) in [6.45, 7) is 1.98. The van der Waals surface area contributed by atoms with Gasteiger partial charge in [0.1, 0.15) is 5.82 Å². The van der Waals surface area contributed by atoms with Crippen LogP contribution in [-0.4, -0.2) is 27.7 Å². The normalized spacial score (nSPS) is 17.5. The molecule has 0 radical (unpaired) electrons. The molecule has 4 heteroatoms. The van der Waals surface area contributed by atoms with E-state index in [-0.39, 0.29) is 5.82 Å². The standard InChI is InChI=1S/C21H20FN3/c22-17-7-5-14(6-8-17)21-19-13-25(10-9-20(19)23-24-21)18-11-15-3-1-2-4-16(15)12-18/h1-8,18H,9-13H2,(H,23,24). The van der Waals surface area contributed by atoms with E-state index in [9.17, 15) is 4.39 Å². The molecule has 3 nitrogen and oxygen atoms in total. The Balaban J connectivity index is 1.41. The van der Waals surface area contributed by atoms with Gasteiger partial charge in [0.05, 0.1) is 5.69 Å². The van der Waals surface area contributed by atoms with Crippen LogP contribution in [0.2, 0.25) is 0 Å². The van der Waals surface area contributed by atoms with E-state index in [1.807, 2.05) is 12.1 Å². The molecule has 0 fully saturated rings. The summed E-state index contributed by atoms with van der Waals surface area (Å²) in [7, 11) is 0. The van der Waals surface area contributed by atoms with Crippen molar-refractivity contribution in [2.75, 3.05) is 6.54 Å². The van der Waals surface area contributed by atoms with Gasteiger partial charge in [-0.1, -0.05) is 24.3 Å². The van der Waals surface area contributed by atoms with Gasteiger partial charge < -0.3 is 0 Å². The average Bonchev–Trinajstić information content (AvgIpc) is 3.26. The summed E-state index contributed by atoms with van der Waals surface area (Å²) < 4.78 is 13.2. The Morgan fingerprint density at radius 2 is 1.72 bits per heavy atom. The highest BCUT2D eigenvalue weighted by atomic mass is 19.1. The van der Waals surface area contributed by atoms with Crippen molar-refractivity contribution in [2.45, 2.75) is 31.8 Å². The van der Waals surface area contributed by atoms with Crippen LogP contribution < -0.4 is 0 Å². The summed E-state index contributed by atoms with van der Waals surface area (Å²) in [4.78, 5) is 2.59. The average molecular weight is 333 g/mol. The van der Waals surface area contributed by atoms with Gasteiger partial charge in [-0.15, -0.1) is 0 Å². The molecule has 2 aliphatic rings. The fraction of sp³-hybridized carbons (Fsp3) is 0.286. The molecular weight excluding hydrogens is 313 g/mol. The van der Waals surface area contributed by atoms with Crippen LogP contribution in [0.4, 0.5) is 4.39 Å². The number of halogens is 1. The van der Waals surface area contributed by atoms with Gasteiger partial charge >= 0.3 is 0 Å². The van der Waals surface area contributed by atoms with Crippen LogP contribution in [0.15, 0.2) is 48.5 Å². The van der Waals surface area contributed by atoms with Gasteiger partial charge in [0, 0.05) is 42.4 Å². The molecule has 0 spiro atoms. The van der Waals surface area contributed by atoms with Crippen molar-refractivity contribution in [1.82, 2.24) is 15.1 Å². The number of hydrogen-bond donors (Lipinski definition) is 1. The fourth-order valence-electron chi connectivity index (χ4n) is 4.27. The molecule has 0 saturated carbocycles. The molecule has 0 saturated heterocycles. The van der Waals surface area contributed by atoms with E-state index in [0.29, 0.717) is 6.04 Å². The number of H-pyrrole nitrogens is 1. The van der Waals surface area contributed by atoms with Crippen LogP contribution in [0, 0.1) is 5.82 Å². The Kier molecular flexibility index (Phi) is 3.45. The van der Waals surface area contributed by atoms with Crippen molar-refractivity contribution >= 4 is 0 Å². The number of fused-ring (bicyclic) bond motifs is 2. The molecule has 2 aromatic carbocycles. The molecule has 0 bridgehead atoms. The van der Waals surface area contributed by atoms with Crippen LogP contribution in [0.3, 0.4) is 0 Å². The minimum absolute atomic E-state index is 0.210. The summed E-state index contributed by atoms with van der Waals surface area (Å²) in [5, 5.41) is 7.72. The van der Waals surface area contributed by atoms with E-state index in [1.54, 1.807) is 0 Å². The molecule has 0 amide bonds. The lowest BCUT2D eigenvalue weighted by Crippen LogP contribution is -2.39. The van der Waals surface area contributed by atoms with E-state index in [1.165, 1.54) is 34.5 Å². The first-order valence-electron chi connectivity index (χ1n) is 8.91. The number of nitrogens with zero attached hydrogens (tertiary/aromatic N) is 2. The molecule has 1 aliphatic heterocycles. The van der Waals surface area contributed by atoms with E-state index < -0.39 is 0 Å². The zero-order chi connectivity index (χ0) is 16.8. The van der Waals surface area contributed by atoms with Crippen molar-refractivity contribution in [2.24, 2.45) is 0 Å². The number of benzene rings is 2. The summed E-state index contributed by atoms with van der Waals surface area (Å²) in [5.41, 5.74) is 7.43. The predicted molar refractivity (Wildman–Crippen MR) is 95.7 cm³/mol. The SMILES string of the molecule is Fc1ccc(-c2n[nH]c3c2CN(C2Cc4ccccc4C2)CC3)cc1. The lowest BCUT2D eigenvalue weighted by atomic mass is 9.99. The number of aromatic amines is 1. The Morgan fingerprint density at radius 1 is 1.00 bits per heavy atom. The lowest BCUT2D eigenvalue weighted by Gasteiger charge is -2.32. The quantitative estimate of drug-likeness (QED) is 0.775. The maximum Gasteiger partial charge on any atom is 0.123 e. The van der Waals surface area contributed by atoms with Crippen molar-refractivity contribution in [1.29, 1.82) is 0 Å². The highest BCUT2D eigenvalue weighted by Gasteiger charge is 2.31. The minimum atomic E-state index is -0.210. The highest BCUT2D eigenvalue weighted by molar-refractivity contribution is 5.64. The number of nitrogens with one attached hydrogen (secondary N) is 1. The van der Waals surface area contributed by atoms with Gasteiger partial charge in [0.15, 0.2) is 0 Å². The largest absolute Gasteiger partial charge is 0.295 e. The van der Waals surface area contributed by atoms with Gasteiger partial charge in [0.2, 0.25) is 0 Å². The van der Waals surface area contributed by atoms with Crippen molar-refractivity contribution < 1.29 is 4.39 Å². The second-order valence-electron chi connectivity index (χ2n) is 7.09. The van der Waals surface area contributed by atoms with Crippen LogP contribution in [-0.2, 0) is 25.8 Å². The predicted octanol–water partition coefficient (Wildman–Crippen LogP) is 3.74. The molecular formula is C21H20FN3. The highest BCUT2D eigenvalue weighted by Crippen LogP contribution is 2.32. The summed E-state index contributed by atoms with van der Waals surface area (Å²) in [6, 6.07) is 16.0. The third kappa shape index (κ3) is 2.57. The Morgan fingerprint density at radius 3 is 2.44 bits per heavy atom. The Hall–Kier alpha value is -2.46. The Labute approximate surface area is 146 Å². The van der Waals surface area contributed by atoms with E-state index in [2.05, 4.69) is 39.4 Å². The third-order valence-corrected chi connectivity index (χ3v) is 5.63. The number of hydrogen-bond acceptors (Lipinski definition) is 2. The number of rotatable bonds is 2. The van der Waals surface area contributed by atoms with Crippen molar-refractivity contribution in [3.63, 3.8) is 0 Å². The van der Waals surface area contributed by atoms with Crippen molar-refractivity contribution in [3.05, 3.63) is 76.7 Å². The zero-order valence-corrected chi connectivity index (χ0v) is 14.0.